The molecular weight excluding hydrogens is 476 g/mol. The van der Waals surface area contributed by atoms with Gasteiger partial charge in [0.05, 0.1) is 11.5 Å². The number of aliphatic hydroxyl groups is 1. The fourth-order valence-corrected chi connectivity index (χ4v) is 6.54. The topological polar surface area (TPSA) is 155 Å². The second kappa shape index (κ2) is 8.36. The van der Waals surface area contributed by atoms with Crippen LogP contribution in [0.1, 0.15) is 40.7 Å². The number of phenols is 1. The summed E-state index contributed by atoms with van der Waals surface area (Å²) < 4.78 is 0. The fraction of sp³-hybridized carbons (Fsp3) is 0.480. The monoisotopic (exact) mass is 500 g/mol. The molecule has 35 heavy (non-hydrogen) atoms. The van der Waals surface area contributed by atoms with Crippen LogP contribution in [-0.4, -0.2) is 62.8 Å². The van der Waals surface area contributed by atoms with Crippen LogP contribution in [0.3, 0.4) is 0 Å². The summed E-state index contributed by atoms with van der Waals surface area (Å²) in [5, 5.41) is 22.6. The van der Waals surface area contributed by atoms with Crippen LogP contribution in [-0.2, 0) is 32.1 Å². The Balaban J connectivity index is 1.54. The van der Waals surface area contributed by atoms with Crippen LogP contribution in [0.5, 0.6) is 5.75 Å². The summed E-state index contributed by atoms with van der Waals surface area (Å²) in [6.07, 6.45) is 4.78. The minimum absolute atomic E-state index is 0.0417. The number of benzene rings is 1. The van der Waals surface area contributed by atoms with Gasteiger partial charge in [0.25, 0.3) is 0 Å². The van der Waals surface area contributed by atoms with Crippen molar-refractivity contribution in [2.75, 3.05) is 13.1 Å². The third-order valence-corrected chi connectivity index (χ3v) is 8.30. The van der Waals surface area contributed by atoms with Gasteiger partial charge in [0, 0.05) is 42.6 Å². The summed E-state index contributed by atoms with van der Waals surface area (Å²) in [7, 11) is 0. The lowest BCUT2D eigenvalue weighted by molar-refractivity contribution is -0.175. The lowest BCUT2D eigenvalue weighted by Gasteiger charge is -2.48. The lowest BCUT2D eigenvalue weighted by Crippen LogP contribution is -2.68. The zero-order valence-electron chi connectivity index (χ0n) is 18.8. The summed E-state index contributed by atoms with van der Waals surface area (Å²) >= 11 is 6.55. The van der Waals surface area contributed by atoms with Gasteiger partial charge in [-0.3, -0.25) is 28.9 Å². The van der Waals surface area contributed by atoms with E-state index in [1.54, 1.807) is 6.07 Å². The number of carbonyl (C=O) groups excluding carboxylic acids is 5. The van der Waals surface area contributed by atoms with Crippen molar-refractivity contribution < 1.29 is 34.2 Å². The van der Waals surface area contributed by atoms with E-state index in [9.17, 15) is 34.2 Å². The van der Waals surface area contributed by atoms with E-state index in [1.807, 2.05) is 6.08 Å². The molecule has 0 aromatic heterocycles. The number of rotatable bonds is 3. The van der Waals surface area contributed by atoms with Crippen LogP contribution in [0.2, 0.25) is 5.02 Å². The van der Waals surface area contributed by atoms with Gasteiger partial charge < -0.3 is 15.9 Å². The summed E-state index contributed by atoms with van der Waals surface area (Å²) in [5.41, 5.74) is 3.34. The van der Waals surface area contributed by atoms with Crippen molar-refractivity contribution in [3.63, 3.8) is 0 Å². The molecule has 5 rings (SSSR count). The quantitative estimate of drug-likeness (QED) is 0.405. The van der Waals surface area contributed by atoms with E-state index in [0.29, 0.717) is 29.2 Å². The van der Waals surface area contributed by atoms with Crippen LogP contribution in [0.25, 0.3) is 0 Å². The largest absolute Gasteiger partial charge is 0.507 e. The maximum absolute atomic E-state index is 13.6. The molecule has 1 aromatic carbocycles. The number of primary amides is 1. The molecule has 2 saturated carbocycles. The first-order valence-corrected chi connectivity index (χ1v) is 12.0. The highest BCUT2D eigenvalue weighted by Crippen LogP contribution is 2.51. The average Bonchev–Trinajstić information content (AvgIpc) is 2.80. The van der Waals surface area contributed by atoms with Gasteiger partial charge in [-0.1, -0.05) is 23.8 Å². The van der Waals surface area contributed by atoms with Crippen molar-refractivity contribution in [2.24, 2.45) is 29.4 Å². The van der Waals surface area contributed by atoms with Gasteiger partial charge in [0.2, 0.25) is 5.91 Å². The Kier molecular flexibility index (Phi) is 5.69. The summed E-state index contributed by atoms with van der Waals surface area (Å²) in [6, 6.07) is 1.63. The number of fused-ring (bicyclic) bond motifs is 3. The smallest absolute Gasteiger partial charge is 0.235 e. The highest BCUT2D eigenvalue weighted by atomic mass is 35.5. The summed E-state index contributed by atoms with van der Waals surface area (Å²) in [5.74, 6) is -10.2. The molecule has 1 amide bonds. The molecule has 9 nitrogen and oxygen atoms in total. The molecule has 0 bridgehead atoms. The number of hydrogen-bond acceptors (Lipinski definition) is 8. The Labute approximate surface area is 205 Å². The molecule has 4 aliphatic rings. The van der Waals surface area contributed by atoms with Crippen LogP contribution in [0.4, 0.5) is 0 Å². The SMILES string of the molecule is NC(=O)C1C(=O)C[C@@H]2C[C@@H]3Cc4c(Cl)cc(CN5CC=CCC5)c(O)c4C(=O)C3C(=O)[C@]2(O)C1=O. The Morgan fingerprint density at radius 3 is 2.57 bits per heavy atom. The van der Waals surface area contributed by atoms with Crippen LogP contribution >= 0.6 is 11.6 Å². The Hall–Kier alpha value is -2.88. The van der Waals surface area contributed by atoms with E-state index in [4.69, 9.17) is 17.3 Å². The number of aromatic hydroxyl groups is 1. The van der Waals surface area contributed by atoms with Gasteiger partial charge in [-0.05, 0) is 36.8 Å². The van der Waals surface area contributed by atoms with Crippen LogP contribution < -0.4 is 5.73 Å². The molecule has 184 valence electrons. The number of amides is 1. The molecule has 5 atom stereocenters. The number of hydrogen-bond donors (Lipinski definition) is 3. The number of Topliss-reactive ketones (excluding diaryl/α,β-unsaturated/α-hetero) is 4. The van der Waals surface area contributed by atoms with Crippen molar-refractivity contribution in [3.8, 4) is 5.75 Å². The number of halogens is 1. The van der Waals surface area contributed by atoms with E-state index in [1.165, 1.54) is 0 Å². The summed E-state index contributed by atoms with van der Waals surface area (Å²) in [6.45, 7) is 1.81. The predicted octanol–water partition coefficient (Wildman–Crippen LogP) is 0.742. The molecule has 1 aliphatic heterocycles. The van der Waals surface area contributed by atoms with Gasteiger partial charge in [0.1, 0.15) is 5.75 Å². The van der Waals surface area contributed by atoms with Crippen LogP contribution in [0.15, 0.2) is 18.2 Å². The molecule has 2 fully saturated rings. The fourth-order valence-electron chi connectivity index (χ4n) is 6.24. The van der Waals surface area contributed by atoms with E-state index < -0.39 is 58.3 Å². The second-order valence-electron chi connectivity index (χ2n) is 9.95. The number of carbonyl (C=O) groups is 5. The Morgan fingerprint density at radius 2 is 1.91 bits per heavy atom. The van der Waals surface area contributed by atoms with Gasteiger partial charge in [-0.25, -0.2) is 0 Å². The first-order valence-electron chi connectivity index (χ1n) is 11.6. The average molecular weight is 501 g/mol. The molecule has 1 aromatic rings. The third-order valence-electron chi connectivity index (χ3n) is 7.96. The van der Waals surface area contributed by atoms with Crippen molar-refractivity contribution in [1.29, 1.82) is 0 Å². The molecule has 10 heteroatoms. The number of nitrogens with zero attached hydrogens (tertiary/aromatic N) is 1. The molecule has 4 N–H and O–H groups in total. The number of nitrogens with two attached hydrogens (primary N) is 1. The third kappa shape index (κ3) is 3.48. The van der Waals surface area contributed by atoms with E-state index >= 15 is 0 Å². The first kappa shape index (κ1) is 23.8. The highest BCUT2D eigenvalue weighted by molar-refractivity contribution is 6.34. The van der Waals surface area contributed by atoms with Gasteiger partial charge >= 0.3 is 0 Å². The zero-order chi connectivity index (χ0) is 25.2. The van der Waals surface area contributed by atoms with E-state index in [0.717, 1.165) is 13.0 Å². The van der Waals surface area contributed by atoms with E-state index in [-0.39, 0.29) is 30.6 Å². The van der Waals surface area contributed by atoms with Gasteiger partial charge in [0.15, 0.2) is 34.7 Å². The molecule has 0 spiro atoms. The van der Waals surface area contributed by atoms with Crippen molar-refractivity contribution in [1.82, 2.24) is 4.90 Å². The standard InChI is InChI=1S/C25H25ClN2O7/c26-15-8-12(10-28-4-2-1-3-5-28)20(30)18-14(15)7-11-6-13-9-16(29)19(24(27)34)23(33)25(13,35)22(32)17(11)21(18)31/h1-2,8,11,13,17,19,30,35H,3-7,9-10H2,(H2,27,34)/t11-,13+,17?,19?,25+/m1/s1. The zero-order valence-corrected chi connectivity index (χ0v) is 19.6. The molecular formula is C25H25ClN2O7. The van der Waals surface area contributed by atoms with Gasteiger partial charge in [-0.15, -0.1) is 0 Å². The highest BCUT2D eigenvalue weighted by Gasteiger charge is 2.66. The molecule has 3 aliphatic carbocycles. The van der Waals surface area contributed by atoms with E-state index in [2.05, 4.69) is 11.0 Å². The van der Waals surface area contributed by atoms with Crippen LogP contribution in [0, 0.1) is 23.7 Å². The molecule has 0 saturated heterocycles. The molecule has 2 unspecified atom stereocenters. The van der Waals surface area contributed by atoms with Crippen molar-refractivity contribution >= 4 is 40.6 Å². The minimum atomic E-state index is -2.65. The Bertz CT molecular complexity index is 1220. The lowest BCUT2D eigenvalue weighted by atomic mass is 9.54. The molecule has 0 radical (unpaired) electrons. The van der Waals surface area contributed by atoms with Gasteiger partial charge in [-0.2, -0.15) is 0 Å². The second-order valence-corrected chi connectivity index (χ2v) is 10.4. The maximum Gasteiger partial charge on any atom is 0.235 e. The van der Waals surface area contributed by atoms with Crippen molar-refractivity contribution in [2.45, 2.75) is 37.8 Å². The Morgan fingerprint density at radius 1 is 1.17 bits per heavy atom. The molecule has 1 heterocycles. The first-order chi connectivity index (χ1) is 16.6. The van der Waals surface area contributed by atoms with Crippen molar-refractivity contribution in [3.05, 3.63) is 39.9 Å². The maximum atomic E-state index is 13.6. The number of ketones is 4. The predicted molar refractivity (Wildman–Crippen MR) is 123 cm³/mol. The summed E-state index contributed by atoms with van der Waals surface area (Å²) in [4.78, 5) is 66.4. The normalized spacial score (nSPS) is 32.7. The minimum Gasteiger partial charge on any atom is -0.507 e. The number of phenolic OH excluding ortho intramolecular Hbond substituents is 1.